The molecule has 0 atom stereocenters. The molecule has 172 valence electrons. The Labute approximate surface area is 189 Å². The molecule has 0 unspecified atom stereocenters. The molecule has 4 rings (SSSR count). The fraction of sp³-hybridized carbons (Fsp3) is 0.304. The van der Waals surface area contributed by atoms with Crippen LogP contribution in [0.3, 0.4) is 0 Å². The summed E-state index contributed by atoms with van der Waals surface area (Å²) in [6.07, 6.45) is 0. The van der Waals surface area contributed by atoms with Crippen molar-refractivity contribution in [2.45, 2.75) is 19.9 Å². The van der Waals surface area contributed by atoms with Gasteiger partial charge in [-0.3, -0.25) is 9.59 Å². The molecule has 2 aromatic carbocycles. The van der Waals surface area contributed by atoms with Gasteiger partial charge >= 0.3 is 6.03 Å². The van der Waals surface area contributed by atoms with E-state index >= 15 is 0 Å². The molecule has 0 saturated carbocycles. The van der Waals surface area contributed by atoms with Crippen molar-refractivity contribution in [1.29, 1.82) is 0 Å². The maximum absolute atomic E-state index is 14.5. The van der Waals surface area contributed by atoms with Gasteiger partial charge in [-0.25, -0.2) is 14.3 Å². The first-order valence-corrected chi connectivity index (χ1v) is 10.6. The molecule has 0 radical (unpaired) electrons. The van der Waals surface area contributed by atoms with Crippen LogP contribution in [0.5, 0.6) is 11.6 Å². The van der Waals surface area contributed by atoms with Gasteiger partial charge in [-0.2, -0.15) is 0 Å². The van der Waals surface area contributed by atoms with Gasteiger partial charge in [-0.15, -0.1) is 5.10 Å². The van der Waals surface area contributed by atoms with Gasteiger partial charge < -0.3 is 19.9 Å². The number of piperazine rings is 1. The van der Waals surface area contributed by atoms with E-state index in [1.807, 2.05) is 13.8 Å². The molecular weight excluding hydrogens is 429 g/mol. The quantitative estimate of drug-likeness (QED) is 0.632. The van der Waals surface area contributed by atoms with Crippen LogP contribution in [0.15, 0.2) is 47.3 Å². The van der Waals surface area contributed by atoms with E-state index in [2.05, 4.69) is 15.5 Å². The number of nitrogens with zero attached hydrogens (tertiary/aromatic N) is 3. The smallest absolute Gasteiger partial charge is 0.317 e. The summed E-state index contributed by atoms with van der Waals surface area (Å²) < 4.78 is 20.3. The number of fused-ring (bicyclic) bond motifs is 1. The first-order chi connectivity index (χ1) is 15.8. The van der Waals surface area contributed by atoms with Crippen LogP contribution in [0.25, 0.3) is 10.8 Å². The zero-order valence-corrected chi connectivity index (χ0v) is 18.3. The number of H-pyrrole nitrogens is 1. The summed E-state index contributed by atoms with van der Waals surface area (Å²) in [5, 5.41) is 10.0. The van der Waals surface area contributed by atoms with Crippen molar-refractivity contribution in [3.63, 3.8) is 0 Å². The summed E-state index contributed by atoms with van der Waals surface area (Å²) in [6.45, 7) is 5.05. The highest BCUT2D eigenvalue weighted by Crippen LogP contribution is 2.27. The Hall–Kier alpha value is -3.95. The molecule has 1 fully saturated rings. The van der Waals surface area contributed by atoms with E-state index in [0.717, 1.165) is 6.07 Å². The maximum Gasteiger partial charge on any atom is 0.317 e. The fourth-order valence-electron chi connectivity index (χ4n) is 3.63. The highest BCUT2D eigenvalue weighted by molar-refractivity contribution is 5.95. The van der Waals surface area contributed by atoms with E-state index in [9.17, 15) is 18.8 Å². The molecule has 1 aliphatic heterocycles. The molecule has 3 aromatic rings. The predicted molar refractivity (Wildman–Crippen MR) is 120 cm³/mol. The Kier molecular flexibility index (Phi) is 6.25. The number of rotatable bonds is 4. The van der Waals surface area contributed by atoms with E-state index in [4.69, 9.17) is 4.74 Å². The molecule has 10 heteroatoms. The van der Waals surface area contributed by atoms with E-state index in [-0.39, 0.29) is 34.8 Å². The van der Waals surface area contributed by atoms with Gasteiger partial charge in [0.1, 0.15) is 11.6 Å². The third-order valence-corrected chi connectivity index (χ3v) is 5.31. The Morgan fingerprint density at radius 2 is 1.73 bits per heavy atom. The second-order valence-corrected chi connectivity index (χ2v) is 8.03. The molecule has 33 heavy (non-hydrogen) atoms. The normalized spacial score (nSPS) is 13.9. The van der Waals surface area contributed by atoms with Gasteiger partial charge in [0.2, 0.25) is 5.88 Å². The third-order valence-electron chi connectivity index (χ3n) is 5.31. The van der Waals surface area contributed by atoms with Gasteiger partial charge in [0.25, 0.3) is 11.5 Å². The minimum Gasteiger partial charge on any atom is -0.437 e. The van der Waals surface area contributed by atoms with E-state index in [0.29, 0.717) is 37.0 Å². The molecule has 1 saturated heterocycles. The minimum absolute atomic E-state index is 0.0167. The van der Waals surface area contributed by atoms with Crippen molar-refractivity contribution < 1.29 is 18.7 Å². The van der Waals surface area contributed by atoms with Crippen LogP contribution in [-0.4, -0.2) is 64.2 Å². The number of halogens is 1. The zero-order chi connectivity index (χ0) is 23.5. The summed E-state index contributed by atoms with van der Waals surface area (Å²) in [4.78, 5) is 40.2. The number of aromatic nitrogens is 2. The number of aromatic amines is 1. The van der Waals surface area contributed by atoms with Crippen LogP contribution >= 0.6 is 0 Å². The van der Waals surface area contributed by atoms with Gasteiger partial charge in [0.05, 0.1) is 16.3 Å². The van der Waals surface area contributed by atoms with Crippen molar-refractivity contribution in [3.8, 4) is 11.6 Å². The number of carbonyl (C=O) groups is 2. The number of hydrogen-bond acceptors (Lipinski definition) is 5. The number of benzene rings is 2. The van der Waals surface area contributed by atoms with Crippen molar-refractivity contribution in [2.75, 3.05) is 26.2 Å². The average Bonchev–Trinajstić information content (AvgIpc) is 2.81. The van der Waals surface area contributed by atoms with Crippen LogP contribution in [0, 0.1) is 5.82 Å². The van der Waals surface area contributed by atoms with E-state index in [1.165, 1.54) is 17.0 Å². The van der Waals surface area contributed by atoms with Crippen LogP contribution in [-0.2, 0) is 0 Å². The first kappa shape index (κ1) is 22.3. The Morgan fingerprint density at radius 1 is 1.06 bits per heavy atom. The lowest BCUT2D eigenvalue weighted by atomic mass is 10.1. The standard InChI is InChI=1S/C23H24FN5O4/c1-14(2)25-23(32)29-11-9-28(10-12-29)22(31)18-13-15(7-8-19(18)24)33-21-17-6-4-3-5-16(17)20(30)26-27-21/h3-8,13-14H,9-12H2,1-2H3,(H,25,32)(H,26,30). The van der Waals surface area contributed by atoms with Crippen molar-refractivity contribution >= 4 is 22.7 Å². The second kappa shape index (κ2) is 9.27. The topological polar surface area (TPSA) is 108 Å². The Morgan fingerprint density at radius 3 is 2.42 bits per heavy atom. The molecule has 1 aliphatic rings. The minimum atomic E-state index is -0.674. The van der Waals surface area contributed by atoms with Crippen LogP contribution in [0.4, 0.5) is 9.18 Å². The highest BCUT2D eigenvalue weighted by Gasteiger charge is 2.27. The second-order valence-electron chi connectivity index (χ2n) is 8.03. The van der Waals surface area contributed by atoms with E-state index < -0.39 is 11.7 Å². The lowest BCUT2D eigenvalue weighted by molar-refractivity contribution is 0.0659. The molecule has 2 N–H and O–H groups in total. The summed E-state index contributed by atoms with van der Waals surface area (Å²) >= 11 is 0. The van der Waals surface area contributed by atoms with Crippen molar-refractivity contribution in [2.24, 2.45) is 0 Å². The highest BCUT2D eigenvalue weighted by atomic mass is 19.1. The molecule has 3 amide bonds. The molecule has 9 nitrogen and oxygen atoms in total. The van der Waals surface area contributed by atoms with Crippen LogP contribution in [0.2, 0.25) is 0 Å². The average molecular weight is 453 g/mol. The number of ether oxygens (including phenoxy) is 1. The third kappa shape index (κ3) is 4.79. The first-order valence-electron chi connectivity index (χ1n) is 10.6. The van der Waals surface area contributed by atoms with Gasteiger partial charge in [0, 0.05) is 32.2 Å². The maximum atomic E-state index is 14.5. The zero-order valence-electron chi connectivity index (χ0n) is 18.3. The molecular formula is C23H24FN5O4. The summed E-state index contributed by atoms with van der Waals surface area (Å²) in [5.74, 6) is -0.813. The van der Waals surface area contributed by atoms with Gasteiger partial charge in [0.15, 0.2) is 0 Å². The number of nitrogens with one attached hydrogen (secondary N) is 2. The van der Waals surface area contributed by atoms with Crippen LogP contribution in [0.1, 0.15) is 24.2 Å². The SMILES string of the molecule is CC(C)NC(=O)N1CCN(C(=O)c2cc(Oc3n[nH]c(=O)c4ccccc34)ccc2F)CC1. The predicted octanol–water partition coefficient (Wildman–Crippen LogP) is 2.73. The number of amides is 3. The summed E-state index contributed by atoms with van der Waals surface area (Å²) in [7, 11) is 0. The molecule has 0 spiro atoms. The lowest BCUT2D eigenvalue weighted by Gasteiger charge is -2.35. The monoisotopic (exact) mass is 453 g/mol. The molecule has 0 bridgehead atoms. The Balaban J connectivity index is 1.50. The Bertz CT molecular complexity index is 1250. The lowest BCUT2D eigenvalue weighted by Crippen LogP contribution is -2.54. The molecule has 1 aromatic heterocycles. The van der Waals surface area contributed by atoms with Gasteiger partial charge in [-0.05, 0) is 44.2 Å². The number of urea groups is 1. The summed E-state index contributed by atoms with van der Waals surface area (Å²) in [6, 6.07) is 10.5. The molecule has 2 heterocycles. The van der Waals surface area contributed by atoms with Crippen LogP contribution < -0.4 is 15.6 Å². The number of hydrogen-bond donors (Lipinski definition) is 2. The summed E-state index contributed by atoms with van der Waals surface area (Å²) in [5.41, 5.74) is -0.490. The van der Waals surface area contributed by atoms with Gasteiger partial charge in [-0.1, -0.05) is 12.1 Å². The van der Waals surface area contributed by atoms with Crippen molar-refractivity contribution in [1.82, 2.24) is 25.3 Å². The van der Waals surface area contributed by atoms with E-state index in [1.54, 1.807) is 29.2 Å². The van der Waals surface area contributed by atoms with Crippen molar-refractivity contribution in [3.05, 3.63) is 64.2 Å². The fourth-order valence-corrected chi connectivity index (χ4v) is 3.63. The number of carbonyl (C=O) groups excluding carboxylic acids is 2. The largest absolute Gasteiger partial charge is 0.437 e. The molecule has 0 aliphatic carbocycles.